The Morgan fingerprint density at radius 1 is 1.40 bits per heavy atom. The van der Waals surface area contributed by atoms with E-state index in [0.717, 1.165) is 13.0 Å². The van der Waals surface area contributed by atoms with Crippen LogP contribution in [0.1, 0.15) is 47.5 Å². The van der Waals surface area contributed by atoms with Crippen LogP contribution < -0.4 is 11.1 Å². The third kappa shape index (κ3) is 5.17. The molecule has 0 rings (SSSR count). The number of hydrogen-bond donors (Lipinski definition) is 2. The SMILES string of the molecule is CC[C@](C)(NC[C@H](C)CC(C)C)C(N)=O. The van der Waals surface area contributed by atoms with Crippen molar-refractivity contribution in [3.63, 3.8) is 0 Å². The van der Waals surface area contributed by atoms with Gasteiger partial charge in [0.1, 0.15) is 0 Å². The average Bonchev–Trinajstić information content (AvgIpc) is 2.12. The van der Waals surface area contributed by atoms with E-state index in [0.29, 0.717) is 11.8 Å². The minimum atomic E-state index is -0.550. The molecule has 0 saturated heterocycles. The van der Waals surface area contributed by atoms with Gasteiger partial charge in [-0.1, -0.05) is 27.7 Å². The fourth-order valence-electron chi connectivity index (χ4n) is 1.67. The standard InChI is InChI=1S/C12H26N2O/c1-6-12(5,11(13)15)14-8-10(4)7-9(2)3/h9-10,14H,6-8H2,1-5H3,(H2,13,15)/t10-,12+/m1/s1. The molecule has 0 aromatic rings. The minimum Gasteiger partial charge on any atom is -0.368 e. The second-order valence-corrected chi connectivity index (χ2v) is 5.17. The zero-order chi connectivity index (χ0) is 12.1. The molecule has 0 aliphatic carbocycles. The summed E-state index contributed by atoms with van der Waals surface area (Å²) in [5.74, 6) is 1.01. The van der Waals surface area contributed by atoms with Gasteiger partial charge in [0.25, 0.3) is 0 Å². The van der Waals surface area contributed by atoms with E-state index in [1.165, 1.54) is 6.42 Å². The second-order valence-electron chi connectivity index (χ2n) is 5.17. The summed E-state index contributed by atoms with van der Waals surface area (Å²) in [7, 11) is 0. The van der Waals surface area contributed by atoms with Crippen LogP contribution in [-0.2, 0) is 4.79 Å². The first-order valence-electron chi connectivity index (χ1n) is 5.86. The summed E-state index contributed by atoms with van der Waals surface area (Å²) in [6, 6.07) is 0. The first-order valence-corrected chi connectivity index (χ1v) is 5.86. The van der Waals surface area contributed by atoms with Gasteiger partial charge in [0, 0.05) is 0 Å². The largest absolute Gasteiger partial charge is 0.368 e. The van der Waals surface area contributed by atoms with Gasteiger partial charge >= 0.3 is 0 Å². The van der Waals surface area contributed by atoms with Gasteiger partial charge in [0.2, 0.25) is 5.91 Å². The third-order valence-corrected chi connectivity index (χ3v) is 2.97. The first-order chi connectivity index (χ1) is 6.81. The van der Waals surface area contributed by atoms with Crippen LogP contribution in [-0.4, -0.2) is 18.0 Å². The Morgan fingerprint density at radius 3 is 2.27 bits per heavy atom. The van der Waals surface area contributed by atoms with Crippen molar-refractivity contribution >= 4 is 5.91 Å². The number of nitrogens with two attached hydrogens (primary N) is 1. The molecule has 3 nitrogen and oxygen atoms in total. The molecule has 90 valence electrons. The highest BCUT2D eigenvalue weighted by molar-refractivity contribution is 5.84. The molecule has 0 aliphatic rings. The van der Waals surface area contributed by atoms with Crippen LogP contribution in [0.5, 0.6) is 0 Å². The van der Waals surface area contributed by atoms with Gasteiger partial charge in [-0.3, -0.25) is 4.79 Å². The van der Waals surface area contributed by atoms with Gasteiger partial charge in [-0.2, -0.15) is 0 Å². The topological polar surface area (TPSA) is 55.1 Å². The molecule has 1 amide bonds. The van der Waals surface area contributed by atoms with Gasteiger partial charge in [-0.25, -0.2) is 0 Å². The number of carbonyl (C=O) groups is 1. The van der Waals surface area contributed by atoms with Crippen molar-refractivity contribution in [2.75, 3.05) is 6.54 Å². The number of primary amides is 1. The van der Waals surface area contributed by atoms with Crippen LogP contribution in [0.2, 0.25) is 0 Å². The smallest absolute Gasteiger partial charge is 0.237 e. The summed E-state index contributed by atoms with van der Waals surface area (Å²) >= 11 is 0. The molecule has 0 bridgehead atoms. The molecule has 3 heteroatoms. The van der Waals surface area contributed by atoms with Crippen molar-refractivity contribution in [1.82, 2.24) is 5.32 Å². The Balaban J connectivity index is 4.06. The molecular weight excluding hydrogens is 188 g/mol. The van der Waals surface area contributed by atoms with Crippen molar-refractivity contribution in [2.45, 2.75) is 53.0 Å². The maximum Gasteiger partial charge on any atom is 0.237 e. The van der Waals surface area contributed by atoms with Gasteiger partial charge in [0.05, 0.1) is 5.54 Å². The van der Waals surface area contributed by atoms with E-state index >= 15 is 0 Å². The number of nitrogens with one attached hydrogen (secondary N) is 1. The summed E-state index contributed by atoms with van der Waals surface area (Å²) in [6.45, 7) is 11.3. The van der Waals surface area contributed by atoms with Crippen molar-refractivity contribution < 1.29 is 4.79 Å². The van der Waals surface area contributed by atoms with E-state index in [2.05, 4.69) is 26.1 Å². The molecule has 0 aliphatic heterocycles. The molecule has 0 heterocycles. The monoisotopic (exact) mass is 214 g/mol. The summed E-state index contributed by atoms with van der Waals surface area (Å²) in [6.07, 6.45) is 1.91. The van der Waals surface area contributed by atoms with E-state index in [1.54, 1.807) is 0 Å². The van der Waals surface area contributed by atoms with Crippen LogP contribution >= 0.6 is 0 Å². The quantitative estimate of drug-likeness (QED) is 0.680. The molecule has 2 atom stereocenters. The lowest BCUT2D eigenvalue weighted by Crippen LogP contribution is -2.53. The second kappa shape index (κ2) is 6.11. The van der Waals surface area contributed by atoms with Crippen LogP contribution in [0.25, 0.3) is 0 Å². The summed E-state index contributed by atoms with van der Waals surface area (Å²) in [5, 5.41) is 3.28. The Hall–Kier alpha value is -0.570. The number of carbonyl (C=O) groups excluding carboxylic acids is 1. The zero-order valence-electron chi connectivity index (χ0n) is 10.8. The van der Waals surface area contributed by atoms with E-state index in [4.69, 9.17) is 5.73 Å². The van der Waals surface area contributed by atoms with E-state index < -0.39 is 5.54 Å². The predicted octanol–water partition coefficient (Wildman–Crippen LogP) is 1.91. The van der Waals surface area contributed by atoms with Gasteiger partial charge in [-0.05, 0) is 38.1 Å². The zero-order valence-corrected chi connectivity index (χ0v) is 10.8. The van der Waals surface area contributed by atoms with Crippen LogP contribution in [0.15, 0.2) is 0 Å². The average molecular weight is 214 g/mol. The van der Waals surface area contributed by atoms with Crippen molar-refractivity contribution in [2.24, 2.45) is 17.6 Å². The number of hydrogen-bond acceptors (Lipinski definition) is 2. The number of amides is 1. The van der Waals surface area contributed by atoms with E-state index in [9.17, 15) is 4.79 Å². The molecule has 0 spiro atoms. The normalized spacial score (nSPS) is 17.5. The Morgan fingerprint density at radius 2 is 1.93 bits per heavy atom. The van der Waals surface area contributed by atoms with Crippen LogP contribution in [0, 0.1) is 11.8 Å². The number of rotatable bonds is 7. The van der Waals surface area contributed by atoms with Crippen molar-refractivity contribution in [1.29, 1.82) is 0 Å². The van der Waals surface area contributed by atoms with Gasteiger partial charge < -0.3 is 11.1 Å². The van der Waals surface area contributed by atoms with Crippen LogP contribution in [0.3, 0.4) is 0 Å². The maximum absolute atomic E-state index is 11.2. The molecule has 15 heavy (non-hydrogen) atoms. The van der Waals surface area contributed by atoms with Gasteiger partial charge in [-0.15, -0.1) is 0 Å². The Bertz CT molecular complexity index is 204. The highest BCUT2D eigenvalue weighted by atomic mass is 16.1. The van der Waals surface area contributed by atoms with Crippen LogP contribution in [0.4, 0.5) is 0 Å². The molecule has 0 saturated carbocycles. The molecule has 0 aromatic carbocycles. The predicted molar refractivity (Wildman–Crippen MR) is 64.5 cm³/mol. The summed E-state index contributed by atoms with van der Waals surface area (Å²) in [4.78, 5) is 11.2. The molecule has 0 radical (unpaired) electrons. The fourth-order valence-corrected chi connectivity index (χ4v) is 1.67. The van der Waals surface area contributed by atoms with Crippen molar-refractivity contribution in [3.05, 3.63) is 0 Å². The highest BCUT2D eigenvalue weighted by Gasteiger charge is 2.28. The molecular formula is C12H26N2O. The van der Waals surface area contributed by atoms with E-state index in [1.807, 2.05) is 13.8 Å². The highest BCUT2D eigenvalue weighted by Crippen LogP contribution is 2.13. The lowest BCUT2D eigenvalue weighted by atomic mass is 9.94. The lowest BCUT2D eigenvalue weighted by Gasteiger charge is -2.28. The molecule has 0 aromatic heterocycles. The molecule has 0 fully saturated rings. The Kier molecular flexibility index (Phi) is 5.88. The molecule has 0 unspecified atom stereocenters. The lowest BCUT2D eigenvalue weighted by molar-refractivity contribution is -0.124. The van der Waals surface area contributed by atoms with Crippen molar-refractivity contribution in [3.8, 4) is 0 Å². The Labute approximate surface area is 93.8 Å². The summed E-state index contributed by atoms with van der Waals surface area (Å²) < 4.78 is 0. The minimum absolute atomic E-state index is 0.262. The maximum atomic E-state index is 11.2. The van der Waals surface area contributed by atoms with E-state index in [-0.39, 0.29) is 5.91 Å². The summed E-state index contributed by atoms with van der Waals surface area (Å²) in [5.41, 5.74) is 4.82. The third-order valence-electron chi connectivity index (χ3n) is 2.97. The first kappa shape index (κ1) is 14.4. The molecule has 3 N–H and O–H groups in total. The van der Waals surface area contributed by atoms with Gasteiger partial charge in [0.15, 0.2) is 0 Å². The fraction of sp³-hybridized carbons (Fsp3) is 0.917.